The van der Waals surface area contributed by atoms with E-state index in [-0.39, 0.29) is 12.7 Å². The first kappa shape index (κ1) is 12.9. The van der Waals surface area contributed by atoms with Gasteiger partial charge in [-0.15, -0.1) is 0 Å². The molecule has 0 saturated carbocycles. The third-order valence-electron chi connectivity index (χ3n) is 2.78. The Kier molecular flexibility index (Phi) is 3.30. The highest BCUT2D eigenvalue weighted by Gasteiger charge is 2.27. The van der Waals surface area contributed by atoms with Crippen molar-refractivity contribution in [1.29, 1.82) is 0 Å². The Morgan fingerprint density at radius 3 is 2.83 bits per heavy atom. The molecule has 0 unspecified atom stereocenters. The maximum atomic E-state index is 12.0. The number of nitrogens with zero attached hydrogens (tertiary/aromatic N) is 3. The molecule has 0 atom stereocenters. The van der Waals surface area contributed by atoms with Crippen molar-refractivity contribution < 1.29 is 14.6 Å². The van der Waals surface area contributed by atoms with Crippen LogP contribution in [0.15, 0.2) is 6.20 Å². The molecule has 6 nitrogen and oxygen atoms in total. The number of hydrogen-bond donors (Lipinski definition) is 1. The van der Waals surface area contributed by atoms with E-state index in [0.29, 0.717) is 19.6 Å². The number of hydrogen-bond acceptors (Lipinski definition) is 4. The summed E-state index contributed by atoms with van der Waals surface area (Å²) >= 11 is 0. The maximum absolute atomic E-state index is 12.0. The molecule has 0 radical (unpaired) electrons. The fourth-order valence-electron chi connectivity index (χ4n) is 1.91. The standard InChI is InChI=1S/C12H19N3O3/c1-12(2,3)18-11(17)14-4-5-15-10(7-14)9(8-16)6-13-15/h6,16H,4-5,7-8H2,1-3H3. The lowest BCUT2D eigenvalue weighted by atomic mass is 10.2. The summed E-state index contributed by atoms with van der Waals surface area (Å²) in [7, 11) is 0. The van der Waals surface area contributed by atoms with Crippen LogP contribution in [0.25, 0.3) is 0 Å². The van der Waals surface area contributed by atoms with Gasteiger partial charge in [0, 0.05) is 12.1 Å². The van der Waals surface area contributed by atoms with E-state index in [1.807, 2.05) is 25.5 Å². The molecule has 0 fully saturated rings. The van der Waals surface area contributed by atoms with Gasteiger partial charge in [0.05, 0.1) is 31.6 Å². The number of amides is 1. The minimum atomic E-state index is -0.491. The largest absolute Gasteiger partial charge is 0.444 e. The van der Waals surface area contributed by atoms with E-state index in [2.05, 4.69) is 5.10 Å². The average Bonchev–Trinajstić information content (AvgIpc) is 2.68. The van der Waals surface area contributed by atoms with Crippen LogP contribution in [0.2, 0.25) is 0 Å². The van der Waals surface area contributed by atoms with Crippen LogP contribution < -0.4 is 0 Å². The van der Waals surface area contributed by atoms with Gasteiger partial charge in [0.15, 0.2) is 0 Å². The highest BCUT2D eigenvalue weighted by molar-refractivity contribution is 5.68. The van der Waals surface area contributed by atoms with E-state index in [1.165, 1.54) is 0 Å². The summed E-state index contributed by atoms with van der Waals surface area (Å²) < 4.78 is 7.16. The quantitative estimate of drug-likeness (QED) is 0.814. The number of aliphatic hydroxyl groups excluding tert-OH is 1. The Labute approximate surface area is 106 Å². The highest BCUT2D eigenvalue weighted by atomic mass is 16.6. The van der Waals surface area contributed by atoms with Crippen molar-refractivity contribution in [3.8, 4) is 0 Å². The van der Waals surface area contributed by atoms with Gasteiger partial charge in [-0.1, -0.05) is 0 Å². The first-order chi connectivity index (χ1) is 8.40. The molecule has 0 spiro atoms. The molecule has 2 heterocycles. The minimum Gasteiger partial charge on any atom is -0.444 e. The predicted octanol–water partition coefficient (Wildman–Crippen LogP) is 1.13. The number of rotatable bonds is 1. The van der Waals surface area contributed by atoms with Crippen molar-refractivity contribution in [1.82, 2.24) is 14.7 Å². The van der Waals surface area contributed by atoms with Crippen molar-refractivity contribution in [2.24, 2.45) is 0 Å². The van der Waals surface area contributed by atoms with E-state index in [0.717, 1.165) is 11.3 Å². The van der Waals surface area contributed by atoms with E-state index in [1.54, 1.807) is 11.1 Å². The molecule has 1 aliphatic rings. The third-order valence-corrected chi connectivity index (χ3v) is 2.78. The van der Waals surface area contributed by atoms with Gasteiger partial charge in [-0.05, 0) is 20.8 Å². The molecule has 1 aromatic heterocycles. The van der Waals surface area contributed by atoms with Gasteiger partial charge in [-0.25, -0.2) is 4.79 Å². The van der Waals surface area contributed by atoms with E-state index in [4.69, 9.17) is 4.74 Å². The van der Waals surface area contributed by atoms with E-state index in [9.17, 15) is 9.90 Å². The lowest BCUT2D eigenvalue weighted by Crippen LogP contribution is -2.41. The Morgan fingerprint density at radius 2 is 2.22 bits per heavy atom. The first-order valence-corrected chi connectivity index (χ1v) is 6.03. The number of aliphatic hydroxyl groups is 1. The lowest BCUT2D eigenvalue weighted by Gasteiger charge is -2.30. The summed E-state index contributed by atoms with van der Waals surface area (Å²) in [6.07, 6.45) is 1.33. The molecular formula is C12H19N3O3. The number of fused-ring (bicyclic) bond motifs is 1. The van der Waals surface area contributed by atoms with E-state index >= 15 is 0 Å². The van der Waals surface area contributed by atoms with Crippen LogP contribution in [0.5, 0.6) is 0 Å². The Hall–Kier alpha value is -1.56. The monoisotopic (exact) mass is 253 g/mol. The molecule has 0 saturated heterocycles. The van der Waals surface area contributed by atoms with Crippen LogP contribution in [0, 0.1) is 0 Å². The topological polar surface area (TPSA) is 67.6 Å². The first-order valence-electron chi connectivity index (χ1n) is 6.03. The molecule has 2 rings (SSSR count). The summed E-state index contributed by atoms with van der Waals surface area (Å²) in [6, 6.07) is 0. The van der Waals surface area contributed by atoms with Crippen molar-refractivity contribution in [3.05, 3.63) is 17.5 Å². The number of carbonyl (C=O) groups is 1. The van der Waals surface area contributed by atoms with Crippen molar-refractivity contribution in [3.63, 3.8) is 0 Å². The van der Waals surface area contributed by atoms with Gasteiger partial charge in [-0.2, -0.15) is 5.10 Å². The van der Waals surface area contributed by atoms with Crippen molar-refractivity contribution in [2.45, 2.75) is 46.1 Å². The molecule has 0 aliphatic carbocycles. The fraction of sp³-hybridized carbons (Fsp3) is 0.667. The van der Waals surface area contributed by atoms with Crippen LogP contribution in [-0.4, -0.2) is 38.0 Å². The Morgan fingerprint density at radius 1 is 1.50 bits per heavy atom. The summed E-state index contributed by atoms with van der Waals surface area (Å²) in [5.74, 6) is 0. The highest BCUT2D eigenvalue weighted by Crippen LogP contribution is 2.19. The second kappa shape index (κ2) is 4.61. The Balaban J connectivity index is 2.09. The van der Waals surface area contributed by atoms with Gasteiger partial charge < -0.3 is 14.7 Å². The normalized spacial score (nSPS) is 15.4. The Bertz CT molecular complexity index is 434. The second-order valence-electron chi connectivity index (χ2n) is 5.40. The van der Waals surface area contributed by atoms with Crippen molar-refractivity contribution >= 4 is 6.09 Å². The zero-order chi connectivity index (χ0) is 13.3. The summed E-state index contributed by atoms with van der Waals surface area (Å²) in [5, 5.41) is 13.4. The van der Waals surface area contributed by atoms with E-state index < -0.39 is 5.60 Å². The van der Waals surface area contributed by atoms with Crippen LogP contribution in [0.3, 0.4) is 0 Å². The molecule has 1 aromatic rings. The number of ether oxygens (including phenoxy) is 1. The van der Waals surface area contributed by atoms with Crippen LogP contribution in [-0.2, 0) is 24.4 Å². The molecule has 1 N–H and O–H groups in total. The van der Waals surface area contributed by atoms with Crippen LogP contribution in [0.4, 0.5) is 4.79 Å². The van der Waals surface area contributed by atoms with Gasteiger partial charge in [0.2, 0.25) is 0 Å². The summed E-state index contributed by atoms with van der Waals surface area (Å²) in [4.78, 5) is 13.6. The third kappa shape index (κ3) is 2.64. The smallest absolute Gasteiger partial charge is 0.410 e. The molecular weight excluding hydrogens is 234 g/mol. The molecule has 6 heteroatoms. The number of carbonyl (C=O) groups excluding carboxylic acids is 1. The molecule has 1 aliphatic heterocycles. The zero-order valence-corrected chi connectivity index (χ0v) is 11.0. The average molecular weight is 253 g/mol. The minimum absolute atomic E-state index is 0.0580. The summed E-state index contributed by atoms with van der Waals surface area (Å²) in [6.45, 7) is 7.13. The zero-order valence-electron chi connectivity index (χ0n) is 11.0. The van der Waals surface area contributed by atoms with Gasteiger partial charge in [0.25, 0.3) is 0 Å². The number of aromatic nitrogens is 2. The fourth-order valence-corrected chi connectivity index (χ4v) is 1.91. The maximum Gasteiger partial charge on any atom is 0.410 e. The van der Waals surface area contributed by atoms with Crippen molar-refractivity contribution in [2.75, 3.05) is 6.54 Å². The molecule has 18 heavy (non-hydrogen) atoms. The van der Waals surface area contributed by atoms with Crippen LogP contribution >= 0.6 is 0 Å². The van der Waals surface area contributed by atoms with Gasteiger partial charge >= 0.3 is 6.09 Å². The molecule has 100 valence electrons. The predicted molar refractivity (Wildman–Crippen MR) is 64.8 cm³/mol. The molecule has 0 aromatic carbocycles. The van der Waals surface area contributed by atoms with Gasteiger partial charge in [0.1, 0.15) is 5.60 Å². The molecule has 0 bridgehead atoms. The lowest BCUT2D eigenvalue weighted by molar-refractivity contribution is 0.0192. The summed E-state index contributed by atoms with van der Waals surface area (Å²) in [5.41, 5.74) is 1.16. The second-order valence-corrected chi connectivity index (χ2v) is 5.40. The SMILES string of the molecule is CC(C)(C)OC(=O)N1CCn2ncc(CO)c2C1. The molecule has 1 amide bonds. The van der Waals surface area contributed by atoms with Crippen LogP contribution in [0.1, 0.15) is 32.0 Å². The van der Waals surface area contributed by atoms with Gasteiger partial charge in [-0.3, -0.25) is 4.68 Å².